The Kier molecular flexibility index (Phi) is 7.49. The SMILES string of the molecule is COc1cc(CNC(=O)COCC(=O)O)ccc1OCC1CCCO1. The van der Waals surface area contributed by atoms with Crippen molar-refractivity contribution in [3.63, 3.8) is 0 Å². The van der Waals surface area contributed by atoms with Crippen molar-refractivity contribution < 1.29 is 33.6 Å². The molecule has 2 rings (SSSR count). The molecule has 1 amide bonds. The second-order valence-corrected chi connectivity index (χ2v) is 5.59. The molecule has 0 aliphatic carbocycles. The van der Waals surface area contributed by atoms with E-state index in [2.05, 4.69) is 5.32 Å². The van der Waals surface area contributed by atoms with Crippen molar-refractivity contribution in [3.8, 4) is 11.5 Å². The molecule has 0 saturated carbocycles. The lowest BCUT2D eigenvalue weighted by atomic mass is 10.2. The Balaban J connectivity index is 1.80. The predicted molar refractivity (Wildman–Crippen MR) is 87.8 cm³/mol. The standard InChI is InChI=1S/C17H23NO7/c1-22-15-7-12(8-18-16(19)10-23-11-17(20)21)4-5-14(15)25-9-13-3-2-6-24-13/h4-5,7,13H,2-3,6,8-11H2,1H3,(H,18,19)(H,20,21). The zero-order valence-electron chi connectivity index (χ0n) is 14.2. The summed E-state index contributed by atoms with van der Waals surface area (Å²) in [4.78, 5) is 21.9. The monoisotopic (exact) mass is 353 g/mol. The first-order valence-electron chi connectivity index (χ1n) is 8.06. The summed E-state index contributed by atoms with van der Waals surface area (Å²) in [5.74, 6) is -0.306. The number of benzene rings is 1. The third-order valence-electron chi connectivity index (χ3n) is 3.63. The Morgan fingerprint density at radius 3 is 2.84 bits per heavy atom. The number of nitrogens with one attached hydrogen (secondary N) is 1. The van der Waals surface area contributed by atoms with Gasteiger partial charge in [0.15, 0.2) is 11.5 Å². The zero-order chi connectivity index (χ0) is 18.1. The highest BCUT2D eigenvalue weighted by Gasteiger charge is 2.17. The third-order valence-corrected chi connectivity index (χ3v) is 3.63. The summed E-state index contributed by atoms with van der Waals surface area (Å²) in [6, 6.07) is 5.39. The van der Waals surface area contributed by atoms with E-state index < -0.39 is 12.6 Å². The number of amides is 1. The van der Waals surface area contributed by atoms with Gasteiger partial charge in [-0.1, -0.05) is 6.07 Å². The molecule has 8 heteroatoms. The fraction of sp³-hybridized carbons (Fsp3) is 0.529. The molecule has 1 saturated heterocycles. The first-order chi connectivity index (χ1) is 12.1. The van der Waals surface area contributed by atoms with Gasteiger partial charge in [0.25, 0.3) is 0 Å². The van der Waals surface area contributed by atoms with Gasteiger partial charge in [0.2, 0.25) is 5.91 Å². The summed E-state index contributed by atoms with van der Waals surface area (Å²) >= 11 is 0. The fourth-order valence-electron chi connectivity index (χ4n) is 2.38. The Hall–Kier alpha value is -2.32. The number of carboxylic acid groups (broad SMARTS) is 1. The van der Waals surface area contributed by atoms with Crippen LogP contribution in [0, 0.1) is 0 Å². The molecule has 1 aromatic carbocycles. The topological polar surface area (TPSA) is 103 Å². The number of methoxy groups -OCH3 is 1. The van der Waals surface area contributed by atoms with E-state index >= 15 is 0 Å². The Morgan fingerprint density at radius 2 is 2.16 bits per heavy atom. The van der Waals surface area contributed by atoms with Crippen LogP contribution in [0.3, 0.4) is 0 Å². The van der Waals surface area contributed by atoms with Crippen molar-refractivity contribution >= 4 is 11.9 Å². The normalized spacial score (nSPS) is 16.4. The molecule has 1 heterocycles. The average molecular weight is 353 g/mol. The van der Waals surface area contributed by atoms with Crippen LogP contribution in [-0.2, 0) is 25.6 Å². The van der Waals surface area contributed by atoms with E-state index in [-0.39, 0.29) is 25.2 Å². The van der Waals surface area contributed by atoms with Crippen LogP contribution >= 0.6 is 0 Å². The molecule has 138 valence electrons. The van der Waals surface area contributed by atoms with Crippen molar-refractivity contribution in [3.05, 3.63) is 23.8 Å². The molecule has 0 aromatic heterocycles. The van der Waals surface area contributed by atoms with Gasteiger partial charge in [-0.15, -0.1) is 0 Å². The summed E-state index contributed by atoms with van der Waals surface area (Å²) < 4.78 is 21.3. The molecule has 0 radical (unpaired) electrons. The fourth-order valence-corrected chi connectivity index (χ4v) is 2.38. The third kappa shape index (κ3) is 6.60. The van der Waals surface area contributed by atoms with Crippen molar-refractivity contribution in [2.75, 3.05) is 33.5 Å². The predicted octanol–water partition coefficient (Wildman–Crippen LogP) is 0.970. The van der Waals surface area contributed by atoms with Crippen LogP contribution in [0.2, 0.25) is 0 Å². The average Bonchev–Trinajstić information content (AvgIpc) is 3.11. The molecule has 25 heavy (non-hydrogen) atoms. The van der Waals surface area contributed by atoms with Gasteiger partial charge in [0, 0.05) is 13.2 Å². The van der Waals surface area contributed by atoms with E-state index in [1.54, 1.807) is 19.2 Å². The number of ether oxygens (including phenoxy) is 4. The summed E-state index contributed by atoms with van der Waals surface area (Å²) in [7, 11) is 1.55. The maximum absolute atomic E-state index is 11.6. The number of carbonyl (C=O) groups is 2. The van der Waals surface area contributed by atoms with Crippen LogP contribution in [0.15, 0.2) is 18.2 Å². The summed E-state index contributed by atoms with van der Waals surface area (Å²) in [6.07, 6.45) is 2.17. The summed E-state index contributed by atoms with van der Waals surface area (Å²) in [5, 5.41) is 11.1. The number of rotatable bonds is 10. The maximum Gasteiger partial charge on any atom is 0.329 e. The Bertz CT molecular complexity index is 584. The molecule has 0 bridgehead atoms. The number of hydrogen-bond donors (Lipinski definition) is 2. The van der Waals surface area contributed by atoms with Crippen LogP contribution in [0.1, 0.15) is 18.4 Å². The molecule has 1 atom stereocenters. The molecule has 1 unspecified atom stereocenters. The van der Waals surface area contributed by atoms with E-state index in [0.29, 0.717) is 18.1 Å². The lowest BCUT2D eigenvalue weighted by Gasteiger charge is -2.15. The van der Waals surface area contributed by atoms with Crippen LogP contribution in [-0.4, -0.2) is 56.6 Å². The number of aliphatic carboxylic acids is 1. The van der Waals surface area contributed by atoms with Gasteiger partial charge in [-0.25, -0.2) is 4.79 Å². The van der Waals surface area contributed by atoms with Crippen LogP contribution in [0.4, 0.5) is 0 Å². The highest BCUT2D eigenvalue weighted by atomic mass is 16.5. The van der Waals surface area contributed by atoms with E-state index in [1.807, 2.05) is 6.07 Å². The van der Waals surface area contributed by atoms with Crippen LogP contribution < -0.4 is 14.8 Å². The van der Waals surface area contributed by atoms with E-state index in [1.165, 1.54) is 0 Å². The zero-order valence-corrected chi connectivity index (χ0v) is 14.2. The molecule has 1 aromatic rings. The van der Waals surface area contributed by atoms with Gasteiger partial charge < -0.3 is 29.4 Å². The van der Waals surface area contributed by atoms with Crippen molar-refractivity contribution in [1.29, 1.82) is 0 Å². The number of hydrogen-bond acceptors (Lipinski definition) is 6. The molecule has 2 N–H and O–H groups in total. The van der Waals surface area contributed by atoms with Gasteiger partial charge in [-0.2, -0.15) is 0 Å². The minimum atomic E-state index is -1.11. The molecule has 1 fully saturated rings. The molecule has 0 spiro atoms. The van der Waals surface area contributed by atoms with E-state index in [9.17, 15) is 9.59 Å². The van der Waals surface area contributed by atoms with Gasteiger partial charge in [-0.3, -0.25) is 4.79 Å². The van der Waals surface area contributed by atoms with Gasteiger partial charge in [0.05, 0.1) is 13.2 Å². The van der Waals surface area contributed by atoms with E-state index in [4.69, 9.17) is 24.1 Å². The molecule has 1 aliphatic heterocycles. The molecule has 8 nitrogen and oxygen atoms in total. The molecular formula is C17H23NO7. The largest absolute Gasteiger partial charge is 0.493 e. The van der Waals surface area contributed by atoms with Crippen molar-refractivity contribution in [2.24, 2.45) is 0 Å². The second kappa shape index (κ2) is 9.85. The lowest BCUT2D eigenvalue weighted by Crippen LogP contribution is -2.28. The maximum atomic E-state index is 11.6. The molecular weight excluding hydrogens is 330 g/mol. The first-order valence-corrected chi connectivity index (χ1v) is 8.06. The van der Waals surface area contributed by atoms with Gasteiger partial charge in [-0.05, 0) is 30.5 Å². The number of carboxylic acids is 1. The number of carbonyl (C=O) groups excluding carboxylic acids is 1. The second-order valence-electron chi connectivity index (χ2n) is 5.59. The van der Waals surface area contributed by atoms with E-state index in [0.717, 1.165) is 25.0 Å². The Labute approximate surface area is 146 Å². The van der Waals surface area contributed by atoms with Gasteiger partial charge in [0.1, 0.15) is 19.8 Å². The Morgan fingerprint density at radius 1 is 1.32 bits per heavy atom. The highest BCUT2D eigenvalue weighted by Crippen LogP contribution is 2.28. The van der Waals surface area contributed by atoms with Crippen LogP contribution in [0.25, 0.3) is 0 Å². The first kappa shape index (κ1) is 19.0. The van der Waals surface area contributed by atoms with Crippen molar-refractivity contribution in [1.82, 2.24) is 5.32 Å². The van der Waals surface area contributed by atoms with Gasteiger partial charge >= 0.3 is 5.97 Å². The minimum Gasteiger partial charge on any atom is -0.493 e. The summed E-state index contributed by atoms with van der Waals surface area (Å²) in [5.41, 5.74) is 0.827. The summed E-state index contributed by atoms with van der Waals surface area (Å²) in [6.45, 7) is 0.731. The molecule has 1 aliphatic rings. The van der Waals surface area contributed by atoms with Crippen LogP contribution in [0.5, 0.6) is 11.5 Å². The lowest BCUT2D eigenvalue weighted by molar-refractivity contribution is -0.143. The quantitative estimate of drug-likeness (QED) is 0.646. The van der Waals surface area contributed by atoms with Crippen molar-refractivity contribution in [2.45, 2.75) is 25.5 Å². The highest BCUT2D eigenvalue weighted by molar-refractivity contribution is 5.77. The minimum absolute atomic E-state index is 0.120. The smallest absolute Gasteiger partial charge is 0.329 e.